The fraction of sp³-hybridized carbons (Fsp3) is 0. The van der Waals surface area contributed by atoms with Gasteiger partial charge in [-0.1, -0.05) is 0 Å². The second kappa shape index (κ2) is 6.65. The number of halogens is 2. The second-order valence-corrected chi connectivity index (χ2v) is 8.84. The Hall–Kier alpha value is -2.29. The van der Waals surface area contributed by atoms with Gasteiger partial charge in [0.15, 0.2) is 5.82 Å². The third-order valence-electron chi connectivity index (χ3n) is 3.57. The van der Waals surface area contributed by atoms with Crippen LogP contribution in [0.2, 0.25) is 10.6 Å². The topological polar surface area (TPSA) is 194 Å². The number of fused-ring (bicyclic) bond motifs is 1. The Morgan fingerprint density at radius 3 is 1.96 bits per heavy atom. The number of benzene rings is 2. The van der Waals surface area contributed by atoms with Crippen molar-refractivity contribution in [3.05, 3.63) is 28.8 Å². The van der Waals surface area contributed by atoms with Gasteiger partial charge in [-0.15, -0.1) is 0 Å². The summed E-state index contributed by atoms with van der Waals surface area (Å²) in [5, 5.41) is 9.16. The smallest absolute Gasteiger partial charge is 0.296 e. The molecule has 11 nitrogen and oxygen atoms in total. The van der Waals surface area contributed by atoms with Gasteiger partial charge in [-0.05, 0) is 40.7 Å². The van der Waals surface area contributed by atoms with Gasteiger partial charge < -0.3 is 10.8 Å². The van der Waals surface area contributed by atoms with E-state index in [1.165, 1.54) is 0 Å². The highest BCUT2D eigenvalue weighted by Gasteiger charge is 2.26. The van der Waals surface area contributed by atoms with E-state index in [0.717, 1.165) is 12.1 Å². The molecule has 3 aromatic rings. The third kappa shape index (κ3) is 3.67. The fourth-order valence-corrected chi connectivity index (χ4v) is 4.07. The van der Waals surface area contributed by atoms with Gasteiger partial charge in [0.05, 0.1) is 16.1 Å². The zero-order valence-corrected chi connectivity index (χ0v) is 16.3. The number of phenolic OH excluding ortho intramolecular Hbond substituents is 1. The molecule has 0 saturated heterocycles. The summed E-state index contributed by atoms with van der Waals surface area (Å²) < 4.78 is 64.9. The molecule has 0 bridgehead atoms. The van der Waals surface area contributed by atoms with Crippen LogP contribution in [0.25, 0.3) is 22.2 Å². The maximum atomic E-state index is 11.7. The average molecular weight is 467 g/mol. The number of phenols is 1. The van der Waals surface area contributed by atoms with Gasteiger partial charge in [-0.3, -0.25) is 9.11 Å². The van der Waals surface area contributed by atoms with Crippen molar-refractivity contribution in [2.24, 2.45) is 0 Å². The maximum absolute atomic E-state index is 11.7. The van der Waals surface area contributed by atoms with Crippen LogP contribution >= 0.6 is 23.2 Å². The number of nitrogens with two attached hydrogens (primary N) is 1. The summed E-state index contributed by atoms with van der Waals surface area (Å²) in [4.78, 5) is 9.52. The highest BCUT2D eigenvalue weighted by atomic mass is 35.5. The molecule has 1 heterocycles. The van der Waals surface area contributed by atoms with E-state index in [-0.39, 0.29) is 32.7 Å². The summed E-state index contributed by atoms with van der Waals surface area (Å²) >= 11 is 11.5. The molecule has 0 atom stereocenters. The lowest BCUT2D eigenvalue weighted by molar-refractivity contribution is 0.471. The van der Waals surface area contributed by atoms with Crippen molar-refractivity contribution in [2.45, 2.75) is 9.79 Å². The molecule has 5 N–H and O–H groups in total. The molecule has 0 spiro atoms. The first kappa shape index (κ1) is 20.4. The third-order valence-corrected chi connectivity index (χ3v) is 5.64. The lowest BCUT2D eigenvalue weighted by atomic mass is 10.0. The normalized spacial score (nSPS) is 12.4. The predicted octanol–water partition coefficient (Wildman–Crippen LogP) is 1.78. The fourth-order valence-electron chi connectivity index (χ4n) is 2.52. The molecule has 148 valence electrons. The van der Waals surface area contributed by atoms with Gasteiger partial charge in [-0.2, -0.15) is 31.8 Å². The standard InChI is InChI=1S/C13H8Cl2N4O7S2/c14-12-17-11(18-13(15)19-12)9-8-4(2-7(10(9)16)28(24,25)26)1-5(3-6(8)20)27(21,22)23/h1-3,20H,16H2,(H,21,22,23)(H,24,25,26). The molecule has 3 rings (SSSR count). The SMILES string of the molecule is Nc1c(S(=O)(=O)O)cc2cc(S(=O)(=O)O)cc(O)c2c1-c1nc(Cl)nc(Cl)n1. The number of nitrogens with zero attached hydrogens (tertiary/aromatic N) is 3. The molecule has 28 heavy (non-hydrogen) atoms. The Morgan fingerprint density at radius 2 is 1.46 bits per heavy atom. The van der Waals surface area contributed by atoms with Crippen LogP contribution in [0.5, 0.6) is 5.75 Å². The number of hydrogen-bond donors (Lipinski definition) is 4. The largest absolute Gasteiger partial charge is 0.507 e. The van der Waals surface area contributed by atoms with E-state index in [1.807, 2.05) is 0 Å². The van der Waals surface area contributed by atoms with Crippen molar-refractivity contribution in [1.82, 2.24) is 15.0 Å². The van der Waals surface area contributed by atoms with Crippen molar-refractivity contribution in [3.63, 3.8) is 0 Å². The van der Waals surface area contributed by atoms with Crippen LogP contribution in [0, 0.1) is 0 Å². The quantitative estimate of drug-likeness (QED) is 0.324. The minimum Gasteiger partial charge on any atom is -0.507 e. The van der Waals surface area contributed by atoms with Gasteiger partial charge in [0.1, 0.15) is 10.6 Å². The summed E-state index contributed by atoms with van der Waals surface area (Å²) in [5.41, 5.74) is 4.98. The minimum atomic E-state index is -4.89. The number of anilines is 1. The predicted molar refractivity (Wildman–Crippen MR) is 98.5 cm³/mol. The number of hydrogen-bond acceptors (Lipinski definition) is 9. The first-order valence-electron chi connectivity index (χ1n) is 6.90. The van der Waals surface area contributed by atoms with Gasteiger partial charge in [0.2, 0.25) is 10.6 Å². The summed E-state index contributed by atoms with van der Waals surface area (Å²) in [6.45, 7) is 0. The Labute approximate surface area is 167 Å². The number of nitrogen functional groups attached to an aromatic ring is 1. The van der Waals surface area contributed by atoms with E-state index in [9.17, 15) is 31.0 Å². The summed E-state index contributed by atoms with van der Waals surface area (Å²) in [5.74, 6) is -1.06. The lowest BCUT2D eigenvalue weighted by Gasteiger charge is -2.14. The van der Waals surface area contributed by atoms with Crippen molar-refractivity contribution in [1.29, 1.82) is 0 Å². The number of aromatic nitrogens is 3. The van der Waals surface area contributed by atoms with E-state index in [4.69, 9.17) is 28.9 Å². The molecular formula is C13H8Cl2N4O7S2. The van der Waals surface area contributed by atoms with Crippen LogP contribution < -0.4 is 5.73 Å². The summed E-state index contributed by atoms with van der Waals surface area (Å²) in [6.07, 6.45) is 0. The molecule has 0 aliphatic heterocycles. The number of aromatic hydroxyl groups is 1. The van der Waals surface area contributed by atoms with Crippen molar-refractivity contribution >= 4 is 59.9 Å². The summed E-state index contributed by atoms with van der Waals surface area (Å²) in [6, 6.07) is 2.37. The molecular weight excluding hydrogens is 459 g/mol. The van der Waals surface area contributed by atoms with Crippen LogP contribution in [-0.2, 0) is 20.2 Å². The number of rotatable bonds is 3. The van der Waals surface area contributed by atoms with E-state index in [1.54, 1.807) is 0 Å². The lowest BCUT2D eigenvalue weighted by Crippen LogP contribution is -2.07. The monoisotopic (exact) mass is 466 g/mol. The molecule has 0 unspecified atom stereocenters. The molecule has 2 aromatic carbocycles. The Morgan fingerprint density at radius 1 is 0.893 bits per heavy atom. The first-order chi connectivity index (χ1) is 12.8. The van der Waals surface area contributed by atoms with Gasteiger partial charge in [-0.25, -0.2) is 0 Å². The van der Waals surface area contributed by atoms with Crippen molar-refractivity contribution in [2.75, 3.05) is 5.73 Å². The van der Waals surface area contributed by atoms with E-state index < -0.39 is 41.5 Å². The average Bonchev–Trinajstić information content (AvgIpc) is 2.51. The molecule has 0 saturated carbocycles. The molecule has 0 amide bonds. The zero-order chi connectivity index (χ0) is 21.0. The van der Waals surface area contributed by atoms with Gasteiger partial charge in [0, 0.05) is 11.5 Å². The van der Waals surface area contributed by atoms with Crippen LogP contribution in [-0.4, -0.2) is 46.0 Å². The Bertz CT molecular complexity index is 1340. The molecule has 0 aliphatic carbocycles. The van der Waals surface area contributed by atoms with E-state index in [0.29, 0.717) is 6.07 Å². The maximum Gasteiger partial charge on any atom is 0.296 e. The first-order valence-corrected chi connectivity index (χ1v) is 10.5. The van der Waals surface area contributed by atoms with Crippen LogP contribution in [0.4, 0.5) is 5.69 Å². The second-order valence-electron chi connectivity index (χ2n) is 5.35. The molecule has 15 heteroatoms. The molecule has 1 aromatic heterocycles. The Balaban J connectivity index is 2.59. The Kier molecular flexibility index (Phi) is 4.85. The van der Waals surface area contributed by atoms with Crippen molar-refractivity contribution < 1.29 is 31.0 Å². The molecule has 0 aliphatic rings. The van der Waals surface area contributed by atoms with Gasteiger partial charge >= 0.3 is 0 Å². The van der Waals surface area contributed by atoms with Crippen molar-refractivity contribution in [3.8, 4) is 17.1 Å². The van der Waals surface area contributed by atoms with E-state index in [2.05, 4.69) is 15.0 Å². The summed E-state index contributed by atoms with van der Waals surface area (Å²) in [7, 11) is -9.65. The van der Waals surface area contributed by atoms with Crippen LogP contribution in [0.15, 0.2) is 28.0 Å². The van der Waals surface area contributed by atoms with Crippen LogP contribution in [0.3, 0.4) is 0 Å². The molecule has 0 radical (unpaired) electrons. The van der Waals surface area contributed by atoms with E-state index >= 15 is 0 Å². The van der Waals surface area contributed by atoms with Crippen LogP contribution in [0.1, 0.15) is 0 Å². The molecule has 0 fully saturated rings. The highest BCUT2D eigenvalue weighted by molar-refractivity contribution is 7.86. The zero-order valence-electron chi connectivity index (χ0n) is 13.2. The highest BCUT2D eigenvalue weighted by Crippen LogP contribution is 2.42. The van der Waals surface area contributed by atoms with Gasteiger partial charge in [0.25, 0.3) is 20.2 Å². The minimum absolute atomic E-state index is 0.185.